The smallest absolute Gasteiger partial charge is 0.286 e. The van der Waals surface area contributed by atoms with Gasteiger partial charge in [-0.05, 0) is 40.3 Å². The van der Waals surface area contributed by atoms with E-state index in [1.807, 2.05) is 52.9 Å². The predicted molar refractivity (Wildman–Crippen MR) is 76.6 cm³/mol. The minimum Gasteiger partial charge on any atom is -0.489 e. The molecule has 2 aromatic carbocycles. The number of nitro benzene ring substituents is 1. The zero-order valence-electron chi connectivity index (χ0n) is 9.38. The van der Waals surface area contributed by atoms with Crippen LogP contribution >= 0.6 is 22.6 Å². The SMILES string of the molecule is O=[N+]([O-])c1cc(OCc2ccccc2)ccc1I. The molecule has 0 unspecified atom stereocenters. The second kappa shape index (κ2) is 5.81. The summed E-state index contributed by atoms with van der Waals surface area (Å²) in [5.74, 6) is 0.506. The summed E-state index contributed by atoms with van der Waals surface area (Å²) in [6.07, 6.45) is 0. The molecule has 18 heavy (non-hydrogen) atoms. The molecule has 0 saturated heterocycles. The molecule has 0 aliphatic rings. The van der Waals surface area contributed by atoms with Gasteiger partial charge in [-0.3, -0.25) is 10.1 Å². The second-order valence-electron chi connectivity index (χ2n) is 3.64. The summed E-state index contributed by atoms with van der Waals surface area (Å²) in [4.78, 5) is 10.4. The van der Waals surface area contributed by atoms with Crippen molar-refractivity contribution in [3.8, 4) is 5.75 Å². The van der Waals surface area contributed by atoms with Gasteiger partial charge in [0, 0.05) is 0 Å². The fraction of sp³-hybridized carbons (Fsp3) is 0.0769. The van der Waals surface area contributed by atoms with Crippen LogP contribution in [0.2, 0.25) is 0 Å². The lowest BCUT2D eigenvalue weighted by molar-refractivity contribution is -0.385. The number of benzene rings is 2. The van der Waals surface area contributed by atoms with Crippen molar-refractivity contribution < 1.29 is 9.66 Å². The Morgan fingerprint density at radius 2 is 1.89 bits per heavy atom. The summed E-state index contributed by atoms with van der Waals surface area (Å²) in [5.41, 5.74) is 1.10. The van der Waals surface area contributed by atoms with Crippen LogP contribution in [0.15, 0.2) is 48.5 Å². The van der Waals surface area contributed by atoms with Gasteiger partial charge in [0.2, 0.25) is 0 Å². The van der Waals surface area contributed by atoms with Crippen molar-refractivity contribution in [3.63, 3.8) is 0 Å². The summed E-state index contributed by atoms with van der Waals surface area (Å²) in [7, 11) is 0. The van der Waals surface area contributed by atoms with Gasteiger partial charge in [0.1, 0.15) is 12.4 Å². The number of ether oxygens (including phenoxy) is 1. The van der Waals surface area contributed by atoms with Crippen molar-refractivity contribution in [1.82, 2.24) is 0 Å². The molecule has 0 saturated carbocycles. The average molecular weight is 355 g/mol. The molecule has 0 heterocycles. The van der Waals surface area contributed by atoms with Crippen molar-refractivity contribution >= 4 is 28.3 Å². The Morgan fingerprint density at radius 3 is 2.56 bits per heavy atom. The average Bonchev–Trinajstić information content (AvgIpc) is 2.38. The van der Waals surface area contributed by atoms with Gasteiger partial charge in [0.25, 0.3) is 5.69 Å². The summed E-state index contributed by atoms with van der Waals surface area (Å²) in [6, 6.07) is 14.5. The maximum absolute atomic E-state index is 10.8. The van der Waals surface area contributed by atoms with E-state index in [9.17, 15) is 10.1 Å². The van der Waals surface area contributed by atoms with Crippen LogP contribution < -0.4 is 4.74 Å². The van der Waals surface area contributed by atoms with Crippen LogP contribution in [0.5, 0.6) is 5.75 Å². The fourth-order valence-corrected chi connectivity index (χ4v) is 2.00. The molecule has 5 heteroatoms. The van der Waals surface area contributed by atoms with E-state index in [0.29, 0.717) is 15.9 Å². The molecular weight excluding hydrogens is 345 g/mol. The van der Waals surface area contributed by atoms with Crippen molar-refractivity contribution in [3.05, 3.63) is 67.8 Å². The van der Waals surface area contributed by atoms with Gasteiger partial charge >= 0.3 is 0 Å². The highest BCUT2D eigenvalue weighted by Gasteiger charge is 2.12. The minimum atomic E-state index is -0.406. The van der Waals surface area contributed by atoms with Gasteiger partial charge < -0.3 is 4.74 Å². The third-order valence-electron chi connectivity index (χ3n) is 2.36. The maximum Gasteiger partial charge on any atom is 0.286 e. The van der Waals surface area contributed by atoms with Gasteiger partial charge in [-0.15, -0.1) is 0 Å². The molecule has 2 rings (SSSR count). The monoisotopic (exact) mass is 355 g/mol. The Hall–Kier alpha value is -1.63. The van der Waals surface area contributed by atoms with Crippen molar-refractivity contribution in [2.45, 2.75) is 6.61 Å². The van der Waals surface area contributed by atoms with Gasteiger partial charge in [-0.1, -0.05) is 30.3 Å². The van der Waals surface area contributed by atoms with Crippen LogP contribution in [-0.4, -0.2) is 4.92 Å². The molecule has 0 atom stereocenters. The summed E-state index contributed by atoms with van der Waals surface area (Å²) in [6.45, 7) is 0.401. The Morgan fingerprint density at radius 1 is 1.17 bits per heavy atom. The molecule has 0 spiro atoms. The van der Waals surface area contributed by atoms with E-state index in [0.717, 1.165) is 5.56 Å². The van der Waals surface area contributed by atoms with E-state index in [4.69, 9.17) is 4.74 Å². The minimum absolute atomic E-state index is 0.0705. The molecule has 2 aromatic rings. The number of hydrogen-bond donors (Lipinski definition) is 0. The molecule has 0 radical (unpaired) electrons. The predicted octanol–water partition coefficient (Wildman–Crippen LogP) is 3.78. The van der Waals surface area contributed by atoms with E-state index in [2.05, 4.69) is 0 Å². The molecule has 0 aromatic heterocycles. The normalized spacial score (nSPS) is 10.1. The standard InChI is InChI=1S/C13H10INO3/c14-12-7-6-11(8-13(12)15(16)17)18-9-10-4-2-1-3-5-10/h1-8H,9H2. The molecule has 0 aliphatic heterocycles. The fourth-order valence-electron chi connectivity index (χ4n) is 1.46. The zero-order chi connectivity index (χ0) is 13.0. The van der Waals surface area contributed by atoms with Crippen LogP contribution in [0, 0.1) is 13.7 Å². The molecular formula is C13H10INO3. The van der Waals surface area contributed by atoms with Crippen LogP contribution in [0.25, 0.3) is 0 Å². The van der Waals surface area contributed by atoms with Crippen LogP contribution in [0.1, 0.15) is 5.56 Å². The van der Waals surface area contributed by atoms with E-state index >= 15 is 0 Å². The molecule has 0 N–H and O–H groups in total. The number of hydrogen-bond acceptors (Lipinski definition) is 3. The van der Waals surface area contributed by atoms with Crippen molar-refractivity contribution in [2.75, 3.05) is 0 Å². The number of rotatable bonds is 4. The number of nitrogens with zero attached hydrogens (tertiary/aromatic N) is 1. The van der Waals surface area contributed by atoms with Crippen LogP contribution in [0.4, 0.5) is 5.69 Å². The lowest BCUT2D eigenvalue weighted by Crippen LogP contribution is -1.97. The first-order chi connectivity index (χ1) is 8.66. The van der Waals surface area contributed by atoms with E-state index in [-0.39, 0.29) is 5.69 Å². The quantitative estimate of drug-likeness (QED) is 0.477. The maximum atomic E-state index is 10.8. The Balaban J connectivity index is 2.11. The molecule has 92 valence electrons. The summed E-state index contributed by atoms with van der Waals surface area (Å²) < 4.78 is 6.13. The van der Waals surface area contributed by atoms with E-state index < -0.39 is 4.92 Å². The second-order valence-corrected chi connectivity index (χ2v) is 4.81. The highest BCUT2D eigenvalue weighted by molar-refractivity contribution is 14.1. The highest BCUT2D eigenvalue weighted by Crippen LogP contribution is 2.26. The summed E-state index contributed by atoms with van der Waals surface area (Å²) >= 11 is 1.94. The third-order valence-corrected chi connectivity index (χ3v) is 3.27. The highest BCUT2D eigenvalue weighted by atomic mass is 127. The van der Waals surface area contributed by atoms with E-state index in [1.165, 1.54) is 6.07 Å². The number of halogens is 1. The first-order valence-electron chi connectivity index (χ1n) is 5.27. The Kier molecular flexibility index (Phi) is 4.14. The summed E-state index contributed by atoms with van der Waals surface area (Å²) in [5, 5.41) is 10.8. The first kappa shape index (κ1) is 12.8. The molecule has 0 bridgehead atoms. The van der Waals surface area contributed by atoms with Crippen molar-refractivity contribution in [1.29, 1.82) is 0 Å². The van der Waals surface area contributed by atoms with Gasteiger partial charge in [-0.2, -0.15) is 0 Å². The lowest BCUT2D eigenvalue weighted by atomic mass is 10.2. The zero-order valence-corrected chi connectivity index (χ0v) is 11.5. The van der Waals surface area contributed by atoms with Crippen LogP contribution in [0.3, 0.4) is 0 Å². The first-order valence-corrected chi connectivity index (χ1v) is 6.35. The van der Waals surface area contributed by atoms with Crippen LogP contribution in [-0.2, 0) is 6.61 Å². The molecule has 0 fully saturated rings. The molecule has 0 aliphatic carbocycles. The molecule has 4 nitrogen and oxygen atoms in total. The van der Waals surface area contributed by atoms with Gasteiger partial charge in [0.05, 0.1) is 14.6 Å². The third kappa shape index (κ3) is 3.19. The lowest BCUT2D eigenvalue weighted by Gasteiger charge is -2.06. The van der Waals surface area contributed by atoms with E-state index in [1.54, 1.807) is 12.1 Å². The Labute approximate surface area is 118 Å². The van der Waals surface area contributed by atoms with Crippen molar-refractivity contribution in [2.24, 2.45) is 0 Å². The topological polar surface area (TPSA) is 52.4 Å². The molecule has 0 amide bonds. The number of nitro groups is 1. The largest absolute Gasteiger partial charge is 0.489 e. The Bertz CT molecular complexity index is 557. The van der Waals surface area contributed by atoms with Gasteiger partial charge in [-0.25, -0.2) is 0 Å². The van der Waals surface area contributed by atoms with Gasteiger partial charge in [0.15, 0.2) is 0 Å².